The van der Waals surface area contributed by atoms with Gasteiger partial charge in [0.15, 0.2) is 11.6 Å². The van der Waals surface area contributed by atoms with Crippen LogP contribution in [0.3, 0.4) is 0 Å². The van der Waals surface area contributed by atoms with Crippen LogP contribution in [0.15, 0.2) is 30.3 Å². The standard InChI is InChI=1S/C24H28F3IN2O2/c1-4-21(29(5-2)6-3)24(32)13-30(14-24)23(31)17-9-10-19(25)22(27)18(17)11-15-7-8-16(28)12-20(15)26/h7-10,12,21,32H,4-6,11,13-14H2,1-3H3. The molecule has 0 bridgehead atoms. The lowest BCUT2D eigenvalue weighted by atomic mass is 9.82. The maximum atomic E-state index is 14.7. The van der Waals surface area contributed by atoms with Crippen molar-refractivity contribution in [3.63, 3.8) is 0 Å². The summed E-state index contributed by atoms with van der Waals surface area (Å²) in [6, 6.07) is 6.53. The van der Waals surface area contributed by atoms with Gasteiger partial charge in [0.1, 0.15) is 11.4 Å². The van der Waals surface area contributed by atoms with Crippen LogP contribution in [0.2, 0.25) is 0 Å². The number of hydrogen-bond acceptors (Lipinski definition) is 3. The van der Waals surface area contributed by atoms with Crippen LogP contribution in [-0.4, -0.2) is 58.6 Å². The molecule has 174 valence electrons. The van der Waals surface area contributed by atoms with Gasteiger partial charge in [0.2, 0.25) is 0 Å². The zero-order valence-electron chi connectivity index (χ0n) is 18.5. The Bertz CT molecular complexity index is 991. The molecular formula is C24H28F3IN2O2. The molecule has 1 N–H and O–H groups in total. The second-order valence-corrected chi connectivity index (χ2v) is 9.46. The average Bonchev–Trinajstić information content (AvgIpc) is 2.74. The summed E-state index contributed by atoms with van der Waals surface area (Å²) in [5, 5.41) is 11.1. The van der Waals surface area contributed by atoms with E-state index in [4.69, 9.17) is 0 Å². The van der Waals surface area contributed by atoms with E-state index in [1.54, 1.807) is 6.07 Å². The highest BCUT2D eigenvalue weighted by molar-refractivity contribution is 14.1. The molecule has 32 heavy (non-hydrogen) atoms. The summed E-state index contributed by atoms with van der Waals surface area (Å²) < 4.78 is 43.7. The van der Waals surface area contributed by atoms with Gasteiger partial charge in [0.25, 0.3) is 5.91 Å². The zero-order valence-corrected chi connectivity index (χ0v) is 20.6. The van der Waals surface area contributed by atoms with E-state index in [9.17, 15) is 23.1 Å². The minimum Gasteiger partial charge on any atom is -0.385 e. The Kier molecular flexibility index (Phi) is 7.88. The molecule has 1 amide bonds. The Labute approximate surface area is 200 Å². The summed E-state index contributed by atoms with van der Waals surface area (Å²) in [5.74, 6) is -3.28. The van der Waals surface area contributed by atoms with E-state index in [1.807, 2.05) is 43.4 Å². The quantitative estimate of drug-likeness (QED) is 0.480. The Morgan fingerprint density at radius 3 is 2.34 bits per heavy atom. The lowest BCUT2D eigenvalue weighted by molar-refractivity contribution is -0.131. The first kappa shape index (κ1) is 25.0. The third-order valence-electron chi connectivity index (χ3n) is 6.29. The number of halogens is 4. The van der Waals surface area contributed by atoms with Gasteiger partial charge >= 0.3 is 0 Å². The molecule has 0 spiro atoms. The van der Waals surface area contributed by atoms with E-state index in [2.05, 4.69) is 4.90 Å². The van der Waals surface area contributed by atoms with Crippen LogP contribution in [0.1, 0.15) is 48.7 Å². The molecule has 0 aromatic heterocycles. The normalized spacial score (nSPS) is 16.2. The second-order valence-electron chi connectivity index (χ2n) is 8.21. The van der Waals surface area contributed by atoms with E-state index < -0.39 is 29.0 Å². The Hall–Kier alpha value is -1.65. The van der Waals surface area contributed by atoms with E-state index >= 15 is 0 Å². The summed E-state index contributed by atoms with van der Waals surface area (Å²) in [6.07, 6.45) is 0.477. The maximum absolute atomic E-state index is 14.7. The first-order valence-electron chi connectivity index (χ1n) is 10.8. The third kappa shape index (κ3) is 4.82. The Morgan fingerprint density at radius 1 is 1.12 bits per heavy atom. The molecular weight excluding hydrogens is 532 g/mol. The van der Waals surface area contributed by atoms with E-state index in [0.29, 0.717) is 3.57 Å². The minimum atomic E-state index is -1.15. The molecule has 0 aliphatic carbocycles. The summed E-state index contributed by atoms with van der Waals surface area (Å²) in [5.41, 5.74) is -1.07. The van der Waals surface area contributed by atoms with Crippen LogP contribution in [0.5, 0.6) is 0 Å². The first-order valence-corrected chi connectivity index (χ1v) is 11.9. The van der Waals surface area contributed by atoms with Gasteiger partial charge in [0, 0.05) is 27.2 Å². The number of amides is 1. The summed E-state index contributed by atoms with van der Waals surface area (Å²) in [6.45, 7) is 7.81. The molecule has 1 heterocycles. The number of aliphatic hydroxyl groups is 1. The number of hydrogen-bond donors (Lipinski definition) is 1. The number of benzene rings is 2. The third-order valence-corrected chi connectivity index (χ3v) is 6.96. The predicted molar refractivity (Wildman–Crippen MR) is 126 cm³/mol. The van der Waals surface area contributed by atoms with E-state index in [-0.39, 0.29) is 42.2 Å². The minimum absolute atomic E-state index is 0.0141. The van der Waals surface area contributed by atoms with Gasteiger partial charge in [-0.25, -0.2) is 13.2 Å². The molecule has 2 aromatic carbocycles. The van der Waals surface area contributed by atoms with Crippen molar-refractivity contribution >= 4 is 28.5 Å². The summed E-state index contributed by atoms with van der Waals surface area (Å²) in [7, 11) is 0. The monoisotopic (exact) mass is 560 g/mol. The fourth-order valence-corrected chi connectivity index (χ4v) is 5.06. The van der Waals surface area contributed by atoms with Gasteiger partial charge in [-0.2, -0.15) is 0 Å². The van der Waals surface area contributed by atoms with Crippen molar-refractivity contribution in [2.24, 2.45) is 0 Å². The molecule has 1 aliphatic rings. The van der Waals surface area contributed by atoms with Crippen molar-refractivity contribution in [3.8, 4) is 0 Å². The molecule has 2 aromatic rings. The number of likely N-dealkylation sites (N-methyl/N-ethyl adjacent to an activating group) is 1. The van der Waals surface area contributed by atoms with Crippen molar-refractivity contribution in [2.45, 2.75) is 45.3 Å². The van der Waals surface area contributed by atoms with Crippen molar-refractivity contribution in [1.82, 2.24) is 9.80 Å². The van der Waals surface area contributed by atoms with Crippen molar-refractivity contribution in [1.29, 1.82) is 0 Å². The molecule has 1 fully saturated rings. The highest BCUT2D eigenvalue weighted by Crippen LogP contribution is 2.32. The molecule has 1 atom stereocenters. The van der Waals surface area contributed by atoms with Gasteiger partial charge in [-0.3, -0.25) is 9.69 Å². The van der Waals surface area contributed by atoms with Gasteiger partial charge in [0.05, 0.1) is 13.1 Å². The fourth-order valence-electron chi connectivity index (χ4n) is 4.60. The lowest BCUT2D eigenvalue weighted by Crippen LogP contribution is -2.71. The van der Waals surface area contributed by atoms with Crippen LogP contribution < -0.4 is 0 Å². The van der Waals surface area contributed by atoms with Gasteiger partial charge in [-0.05, 0) is 71.9 Å². The van der Waals surface area contributed by atoms with Crippen LogP contribution in [0, 0.1) is 21.0 Å². The van der Waals surface area contributed by atoms with Gasteiger partial charge in [-0.1, -0.05) is 26.8 Å². The number of carbonyl (C=O) groups excluding carboxylic acids is 1. The number of carbonyl (C=O) groups is 1. The van der Waals surface area contributed by atoms with Crippen LogP contribution in [-0.2, 0) is 6.42 Å². The highest BCUT2D eigenvalue weighted by Gasteiger charge is 2.50. The zero-order chi connectivity index (χ0) is 23.6. The second kappa shape index (κ2) is 10.1. The van der Waals surface area contributed by atoms with Crippen molar-refractivity contribution < 1.29 is 23.1 Å². The Balaban J connectivity index is 1.86. The summed E-state index contributed by atoms with van der Waals surface area (Å²) >= 11 is 1.96. The largest absolute Gasteiger partial charge is 0.385 e. The van der Waals surface area contributed by atoms with Crippen molar-refractivity contribution in [3.05, 3.63) is 68.0 Å². The molecule has 1 unspecified atom stereocenters. The molecule has 0 radical (unpaired) electrons. The molecule has 0 saturated carbocycles. The van der Waals surface area contributed by atoms with Crippen molar-refractivity contribution in [2.75, 3.05) is 26.2 Å². The van der Waals surface area contributed by atoms with E-state index in [0.717, 1.165) is 25.6 Å². The smallest absolute Gasteiger partial charge is 0.254 e. The van der Waals surface area contributed by atoms with Gasteiger partial charge in [-0.15, -0.1) is 0 Å². The molecule has 1 aliphatic heterocycles. The van der Waals surface area contributed by atoms with Crippen LogP contribution in [0.25, 0.3) is 0 Å². The first-order chi connectivity index (χ1) is 15.1. The number of likely N-dealkylation sites (tertiary alicyclic amines) is 1. The number of nitrogens with zero attached hydrogens (tertiary/aromatic N) is 2. The predicted octanol–water partition coefficient (Wildman–Crippen LogP) is 4.61. The number of rotatable bonds is 8. The Morgan fingerprint density at radius 2 is 1.78 bits per heavy atom. The summed E-state index contributed by atoms with van der Waals surface area (Å²) in [4.78, 5) is 16.8. The average molecular weight is 560 g/mol. The molecule has 1 saturated heterocycles. The van der Waals surface area contributed by atoms with Crippen LogP contribution in [0.4, 0.5) is 13.2 Å². The topological polar surface area (TPSA) is 43.8 Å². The SMILES string of the molecule is CCC(N(CC)CC)C1(O)CN(C(=O)c2ccc(F)c(F)c2Cc2ccc(I)cc2F)C1. The fraction of sp³-hybridized carbons (Fsp3) is 0.458. The highest BCUT2D eigenvalue weighted by atomic mass is 127. The van der Waals surface area contributed by atoms with Crippen LogP contribution >= 0.6 is 22.6 Å². The number of β-amino-alcohol motifs (C(OH)–C–C–N with tert-alkyl or cyclic N) is 1. The molecule has 8 heteroatoms. The van der Waals surface area contributed by atoms with E-state index in [1.165, 1.54) is 23.1 Å². The molecule has 3 rings (SSSR count). The lowest BCUT2D eigenvalue weighted by Gasteiger charge is -2.53. The molecule has 4 nitrogen and oxygen atoms in total. The maximum Gasteiger partial charge on any atom is 0.254 e. The van der Waals surface area contributed by atoms with Gasteiger partial charge < -0.3 is 10.0 Å².